The van der Waals surface area contributed by atoms with Crippen LogP contribution >= 0.6 is 0 Å². The molecular weight excluding hydrogens is 322 g/mol. The van der Waals surface area contributed by atoms with Crippen LogP contribution in [0.4, 0.5) is 8.78 Å². The monoisotopic (exact) mass is 340 g/mol. The summed E-state index contributed by atoms with van der Waals surface area (Å²) < 4.78 is 32.9. The molecule has 0 radical (unpaired) electrons. The zero-order valence-corrected chi connectivity index (χ0v) is 13.0. The Kier molecular flexibility index (Phi) is 3.40. The maximum Gasteiger partial charge on any atom is 0.358 e. The molecule has 1 aromatic heterocycles. The molecule has 0 bridgehead atoms. The SMILES string of the molecule is O=C(O)c1ncoc1C1CCCCN1C(=O)[C@@H]1[C@@H]2CCC(F)(F)[C@@H]21. The molecule has 1 unspecified atom stereocenters. The Balaban J connectivity index is 1.58. The second-order valence-corrected chi connectivity index (χ2v) is 6.93. The molecule has 1 aromatic rings. The van der Waals surface area contributed by atoms with Crippen molar-refractivity contribution in [2.75, 3.05) is 6.54 Å². The van der Waals surface area contributed by atoms with Crippen LogP contribution in [0, 0.1) is 17.8 Å². The van der Waals surface area contributed by atoms with Gasteiger partial charge in [-0.1, -0.05) is 0 Å². The van der Waals surface area contributed by atoms with Crippen LogP contribution in [0.1, 0.15) is 54.4 Å². The van der Waals surface area contributed by atoms with Crippen molar-refractivity contribution >= 4 is 11.9 Å². The van der Waals surface area contributed by atoms with Crippen molar-refractivity contribution in [2.45, 2.75) is 44.1 Å². The van der Waals surface area contributed by atoms with Crippen LogP contribution < -0.4 is 0 Å². The molecule has 1 N–H and O–H groups in total. The molecule has 1 saturated heterocycles. The quantitative estimate of drug-likeness (QED) is 0.915. The summed E-state index contributed by atoms with van der Waals surface area (Å²) in [6, 6.07) is -0.533. The van der Waals surface area contributed by atoms with Gasteiger partial charge < -0.3 is 14.4 Å². The number of carbonyl (C=O) groups excluding carboxylic acids is 1. The van der Waals surface area contributed by atoms with Crippen LogP contribution in [0.25, 0.3) is 0 Å². The number of oxazole rings is 1. The van der Waals surface area contributed by atoms with Crippen LogP contribution in [-0.4, -0.2) is 39.3 Å². The van der Waals surface area contributed by atoms with E-state index in [1.54, 1.807) is 0 Å². The molecule has 0 aromatic carbocycles. The average Bonchev–Trinajstić information content (AvgIpc) is 2.92. The molecule has 2 heterocycles. The number of likely N-dealkylation sites (tertiary alicyclic amines) is 1. The Morgan fingerprint density at radius 1 is 1.33 bits per heavy atom. The topological polar surface area (TPSA) is 83.6 Å². The number of hydrogen-bond donors (Lipinski definition) is 1. The minimum absolute atomic E-state index is 0.138. The van der Waals surface area contributed by atoms with E-state index in [-0.39, 0.29) is 29.7 Å². The smallest absolute Gasteiger partial charge is 0.358 e. The largest absolute Gasteiger partial charge is 0.476 e. The molecular formula is C16H18F2N2O4. The van der Waals surface area contributed by atoms with Crippen LogP contribution in [0.5, 0.6) is 0 Å². The molecule has 2 saturated carbocycles. The number of carboxylic acid groups (broad SMARTS) is 1. The fraction of sp³-hybridized carbons (Fsp3) is 0.688. The zero-order valence-electron chi connectivity index (χ0n) is 13.0. The van der Waals surface area contributed by atoms with Gasteiger partial charge in [-0.25, -0.2) is 18.6 Å². The fourth-order valence-electron chi connectivity index (χ4n) is 4.48. The first-order chi connectivity index (χ1) is 11.4. The van der Waals surface area contributed by atoms with Crippen LogP contribution in [0.2, 0.25) is 0 Å². The van der Waals surface area contributed by atoms with Gasteiger partial charge in [0.15, 0.2) is 17.8 Å². The molecule has 3 aliphatic rings. The van der Waals surface area contributed by atoms with E-state index in [9.17, 15) is 23.5 Å². The summed E-state index contributed by atoms with van der Waals surface area (Å²) in [5.41, 5.74) is -0.207. The first-order valence-electron chi connectivity index (χ1n) is 8.27. The molecule has 4 rings (SSSR count). The van der Waals surface area contributed by atoms with Gasteiger partial charge >= 0.3 is 5.97 Å². The zero-order chi connectivity index (χ0) is 17.1. The van der Waals surface area contributed by atoms with Crippen LogP contribution in [-0.2, 0) is 4.79 Å². The molecule has 4 atom stereocenters. The number of amides is 1. The second kappa shape index (κ2) is 5.26. The summed E-state index contributed by atoms with van der Waals surface area (Å²) in [6.45, 7) is 0.435. The van der Waals surface area contributed by atoms with Crippen molar-refractivity contribution < 1.29 is 27.9 Å². The van der Waals surface area contributed by atoms with Crippen LogP contribution in [0.15, 0.2) is 10.8 Å². The van der Waals surface area contributed by atoms with Crippen molar-refractivity contribution in [1.29, 1.82) is 0 Å². The molecule has 6 nitrogen and oxygen atoms in total. The molecule has 130 valence electrons. The summed E-state index contributed by atoms with van der Waals surface area (Å²) in [4.78, 5) is 29.3. The average molecular weight is 340 g/mol. The number of hydrogen-bond acceptors (Lipinski definition) is 4. The predicted octanol–water partition coefficient (Wildman–Crippen LogP) is 2.72. The van der Waals surface area contributed by atoms with E-state index >= 15 is 0 Å². The maximum absolute atomic E-state index is 13.8. The fourth-order valence-corrected chi connectivity index (χ4v) is 4.48. The van der Waals surface area contributed by atoms with E-state index in [4.69, 9.17) is 4.42 Å². The third kappa shape index (κ3) is 2.22. The number of halogens is 2. The first kappa shape index (κ1) is 15.5. The molecule has 1 amide bonds. The number of alkyl halides is 2. The van der Waals surface area contributed by atoms with Gasteiger partial charge in [-0.15, -0.1) is 0 Å². The number of carboxylic acids is 1. The number of aromatic nitrogens is 1. The summed E-state index contributed by atoms with van der Waals surface area (Å²) in [5, 5.41) is 9.21. The number of carbonyl (C=O) groups is 2. The Labute approximate surface area is 136 Å². The van der Waals surface area contributed by atoms with E-state index in [1.807, 2.05) is 0 Å². The highest BCUT2D eigenvalue weighted by Gasteiger charge is 2.70. The van der Waals surface area contributed by atoms with Gasteiger partial charge in [-0.2, -0.15) is 0 Å². The third-order valence-electron chi connectivity index (χ3n) is 5.64. The maximum atomic E-state index is 13.8. The minimum Gasteiger partial charge on any atom is -0.476 e. The lowest BCUT2D eigenvalue weighted by Gasteiger charge is -2.35. The molecule has 2 aliphatic carbocycles. The Morgan fingerprint density at radius 3 is 2.79 bits per heavy atom. The lowest BCUT2D eigenvalue weighted by Crippen LogP contribution is -2.41. The van der Waals surface area contributed by atoms with Crippen molar-refractivity contribution in [1.82, 2.24) is 9.88 Å². The van der Waals surface area contributed by atoms with Crippen molar-refractivity contribution in [3.63, 3.8) is 0 Å². The standard InChI is InChI=1S/C16H18F2N2O4/c17-16(18)5-4-8-10(11(8)16)14(21)20-6-2-1-3-9(20)13-12(15(22)23)19-7-24-13/h7-11H,1-6H2,(H,22,23)/t8-,9?,10+,11-/m0/s1. The summed E-state index contributed by atoms with van der Waals surface area (Å²) in [6.07, 6.45) is 3.45. The number of fused-ring (bicyclic) bond motifs is 1. The van der Waals surface area contributed by atoms with Gasteiger partial charge in [0.05, 0.1) is 12.0 Å². The number of rotatable bonds is 3. The summed E-state index contributed by atoms with van der Waals surface area (Å²) in [7, 11) is 0. The highest BCUT2D eigenvalue weighted by atomic mass is 19.3. The van der Waals surface area contributed by atoms with Gasteiger partial charge in [-0.05, 0) is 31.6 Å². The van der Waals surface area contributed by atoms with E-state index in [1.165, 1.54) is 4.90 Å². The molecule has 1 aliphatic heterocycles. The lowest BCUT2D eigenvalue weighted by atomic mass is 9.97. The Bertz CT molecular complexity index is 689. The third-order valence-corrected chi connectivity index (χ3v) is 5.64. The van der Waals surface area contributed by atoms with Crippen LogP contribution in [0.3, 0.4) is 0 Å². The van der Waals surface area contributed by atoms with Gasteiger partial charge in [0.1, 0.15) is 0 Å². The molecule has 8 heteroatoms. The summed E-state index contributed by atoms with van der Waals surface area (Å²) >= 11 is 0. The number of nitrogens with zero attached hydrogens (tertiary/aromatic N) is 2. The van der Waals surface area contributed by atoms with Gasteiger partial charge in [-0.3, -0.25) is 4.79 Å². The van der Waals surface area contributed by atoms with Gasteiger partial charge in [0.25, 0.3) is 5.92 Å². The minimum atomic E-state index is -2.76. The first-order valence-corrected chi connectivity index (χ1v) is 8.27. The number of piperidine rings is 1. The summed E-state index contributed by atoms with van der Waals surface area (Å²) in [5.74, 6) is -5.83. The molecule has 3 fully saturated rings. The van der Waals surface area contributed by atoms with Crippen molar-refractivity contribution in [3.05, 3.63) is 17.8 Å². The predicted molar refractivity (Wildman–Crippen MR) is 76.4 cm³/mol. The Hall–Kier alpha value is -1.99. The Morgan fingerprint density at radius 2 is 2.12 bits per heavy atom. The van der Waals surface area contributed by atoms with Gasteiger partial charge in [0.2, 0.25) is 5.91 Å². The molecule has 0 spiro atoms. The number of aromatic carboxylic acids is 1. The van der Waals surface area contributed by atoms with E-state index < -0.39 is 29.8 Å². The van der Waals surface area contributed by atoms with Crippen molar-refractivity contribution in [3.8, 4) is 0 Å². The van der Waals surface area contributed by atoms with E-state index in [2.05, 4.69) is 4.98 Å². The molecule has 24 heavy (non-hydrogen) atoms. The highest BCUT2D eigenvalue weighted by molar-refractivity contribution is 5.87. The highest BCUT2D eigenvalue weighted by Crippen LogP contribution is 2.65. The normalized spacial score (nSPS) is 34.0. The van der Waals surface area contributed by atoms with Gasteiger partial charge in [0, 0.05) is 18.9 Å². The second-order valence-electron chi connectivity index (χ2n) is 6.93. The van der Waals surface area contributed by atoms with E-state index in [0.29, 0.717) is 19.4 Å². The lowest BCUT2D eigenvalue weighted by molar-refractivity contribution is -0.139. The van der Waals surface area contributed by atoms with E-state index in [0.717, 1.165) is 19.2 Å². The van der Waals surface area contributed by atoms with Crippen molar-refractivity contribution in [2.24, 2.45) is 17.8 Å².